The fourth-order valence-corrected chi connectivity index (χ4v) is 0.922. The molecule has 0 aromatic carbocycles. The second-order valence-electron chi connectivity index (χ2n) is 2.28. The van der Waals surface area contributed by atoms with Gasteiger partial charge in [0.15, 0.2) is 6.29 Å². The summed E-state index contributed by atoms with van der Waals surface area (Å²) < 4.78 is 9.89. The fourth-order valence-electron chi connectivity index (χ4n) is 0.922. The van der Waals surface area contributed by atoms with Crippen LogP contribution in [0.15, 0.2) is 12.3 Å². The Morgan fingerprint density at radius 3 is 2.70 bits per heavy atom. The van der Waals surface area contributed by atoms with Gasteiger partial charge in [-0.05, 0) is 6.08 Å². The van der Waals surface area contributed by atoms with Crippen LogP contribution in [0.4, 0.5) is 0 Å². The molecule has 1 rings (SSSR count). The fraction of sp³-hybridized carbons (Fsp3) is 0.571. The Morgan fingerprint density at radius 1 is 1.80 bits per heavy atom. The Kier molecular flexibility index (Phi) is 1.76. The van der Waals surface area contributed by atoms with E-state index in [-0.39, 0.29) is 5.92 Å². The first-order valence-electron chi connectivity index (χ1n) is 3.11. The van der Waals surface area contributed by atoms with E-state index in [9.17, 15) is 4.79 Å². The minimum Gasteiger partial charge on any atom is -0.462 e. The first kappa shape index (κ1) is 7.28. The highest BCUT2D eigenvalue weighted by molar-refractivity contribution is 5.62. The van der Waals surface area contributed by atoms with E-state index >= 15 is 0 Å². The third kappa shape index (κ3) is 0.827. The van der Waals surface area contributed by atoms with E-state index in [4.69, 9.17) is 9.47 Å². The number of carbonyl (C=O) groups is 1. The van der Waals surface area contributed by atoms with Crippen LogP contribution in [0.5, 0.6) is 0 Å². The van der Waals surface area contributed by atoms with Crippen LogP contribution in [0.3, 0.4) is 0 Å². The molecular weight excluding hydrogens is 132 g/mol. The van der Waals surface area contributed by atoms with Gasteiger partial charge >= 0.3 is 0 Å². The zero-order valence-electron chi connectivity index (χ0n) is 6.03. The highest BCUT2D eigenvalue weighted by atomic mass is 16.7. The highest BCUT2D eigenvalue weighted by Gasteiger charge is 2.39. The largest absolute Gasteiger partial charge is 0.462 e. The predicted molar refractivity (Wildman–Crippen MR) is 35.2 cm³/mol. The molecule has 3 nitrogen and oxygen atoms in total. The maximum Gasteiger partial charge on any atom is 0.272 e. The van der Waals surface area contributed by atoms with E-state index in [1.165, 1.54) is 13.4 Å². The molecule has 0 radical (unpaired) electrons. The van der Waals surface area contributed by atoms with E-state index in [1.54, 1.807) is 6.08 Å². The SMILES string of the molecule is COC1(C=O)OC=CC1C. The summed E-state index contributed by atoms with van der Waals surface area (Å²) in [5.41, 5.74) is 0. The molecule has 0 aromatic rings. The summed E-state index contributed by atoms with van der Waals surface area (Å²) in [5, 5.41) is 0. The molecule has 3 heteroatoms. The van der Waals surface area contributed by atoms with Gasteiger partial charge in [0.25, 0.3) is 5.79 Å². The first-order chi connectivity index (χ1) is 4.75. The minimum atomic E-state index is -1.06. The number of carbonyl (C=O) groups excluding carboxylic acids is 1. The lowest BCUT2D eigenvalue weighted by Crippen LogP contribution is -2.38. The van der Waals surface area contributed by atoms with Crippen molar-refractivity contribution < 1.29 is 14.3 Å². The van der Waals surface area contributed by atoms with Gasteiger partial charge in [-0.3, -0.25) is 4.79 Å². The van der Waals surface area contributed by atoms with E-state index in [1.807, 2.05) is 6.92 Å². The molecule has 0 aromatic heterocycles. The van der Waals surface area contributed by atoms with Gasteiger partial charge in [0.1, 0.15) is 0 Å². The van der Waals surface area contributed by atoms with Gasteiger partial charge in [0.05, 0.1) is 12.2 Å². The van der Waals surface area contributed by atoms with Crippen molar-refractivity contribution in [3.8, 4) is 0 Å². The molecule has 0 spiro atoms. The Bertz CT molecular complexity index is 164. The molecular formula is C7H10O3. The van der Waals surface area contributed by atoms with Crippen molar-refractivity contribution in [2.45, 2.75) is 12.7 Å². The first-order valence-corrected chi connectivity index (χ1v) is 3.11. The monoisotopic (exact) mass is 142 g/mol. The Morgan fingerprint density at radius 2 is 2.50 bits per heavy atom. The van der Waals surface area contributed by atoms with Gasteiger partial charge in [-0.15, -0.1) is 0 Å². The van der Waals surface area contributed by atoms with E-state index in [2.05, 4.69) is 0 Å². The third-order valence-corrected chi connectivity index (χ3v) is 1.74. The highest BCUT2D eigenvalue weighted by Crippen LogP contribution is 2.27. The van der Waals surface area contributed by atoms with Crippen molar-refractivity contribution in [3.05, 3.63) is 12.3 Å². The van der Waals surface area contributed by atoms with Crippen molar-refractivity contribution in [1.29, 1.82) is 0 Å². The second-order valence-corrected chi connectivity index (χ2v) is 2.28. The average molecular weight is 142 g/mol. The van der Waals surface area contributed by atoms with E-state index < -0.39 is 5.79 Å². The zero-order valence-corrected chi connectivity index (χ0v) is 6.03. The molecule has 0 fully saturated rings. The zero-order chi connectivity index (χ0) is 7.61. The lowest BCUT2D eigenvalue weighted by atomic mass is 10.0. The average Bonchev–Trinajstić information content (AvgIpc) is 2.32. The molecule has 0 bridgehead atoms. The Labute approximate surface area is 59.6 Å². The molecule has 0 saturated heterocycles. The van der Waals surface area contributed by atoms with Gasteiger partial charge in [0.2, 0.25) is 0 Å². The van der Waals surface area contributed by atoms with Crippen LogP contribution < -0.4 is 0 Å². The molecule has 0 N–H and O–H groups in total. The summed E-state index contributed by atoms with van der Waals surface area (Å²) >= 11 is 0. The Hall–Kier alpha value is -0.830. The molecule has 1 aliphatic heterocycles. The normalized spacial score (nSPS) is 37.6. The molecule has 1 aliphatic rings. The van der Waals surface area contributed by atoms with Crippen LogP contribution in [0, 0.1) is 5.92 Å². The van der Waals surface area contributed by atoms with E-state index in [0.29, 0.717) is 6.29 Å². The number of rotatable bonds is 2. The summed E-state index contributed by atoms with van der Waals surface area (Å²) in [6, 6.07) is 0. The topological polar surface area (TPSA) is 35.5 Å². The Balaban J connectivity index is 2.76. The van der Waals surface area contributed by atoms with Crippen molar-refractivity contribution in [3.63, 3.8) is 0 Å². The molecule has 10 heavy (non-hydrogen) atoms. The van der Waals surface area contributed by atoms with Crippen LogP contribution in [-0.4, -0.2) is 19.2 Å². The molecule has 2 atom stereocenters. The van der Waals surface area contributed by atoms with Crippen LogP contribution in [0.25, 0.3) is 0 Å². The maximum atomic E-state index is 10.5. The maximum absolute atomic E-state index is 10.5. The molecule has 2 unspecified atom stereocenters. The lowest BCUT2D eigenvalue weighted by molar-refractivity contribution is -0.189. The standard InChI is InChI=1S/C7H10O3/c1-6-3-4-10-7(6,5-8)9-2/h3-6H,1-2H3. The number of hydrogen-bond acceptors (Lipinski definition) is 3. The number of methoxy groups -OCH3 is 1. The number of hydrogen-bond donors (Lipinski definition) is 0. The van der Waals surface area contributed by atoms with Gasteiger partial charge in [-0.1, -0.05) is 6.92 Å². The lowest BCUT2D eigenvalue weighted by Gasteiger charge is -2.24. The molecule has 1 heterocycles. The van der Waals surface area contributed by atoms with Crippen LogP contribution in [0.2, 0.25) is 0 Å². The predicted octanol–water partition coefficient (Wildman–Crippen LogP) is 0.708. The van der Waals surface area contributed by atoms with Gasteiger partial charge in [-0.2, -0.15) is 0 Å². The van der Waals surface area contributed by atoms with Crippen LogP contribution in [0.1, 0.15) is 6.92 Å². The van der Waals surface area contributed by atoms with Gasteiger partial charge in [0, 0.05) is 7.11 Å². The van der Waals surface area contributed by atoms with Crippen molar-refractivity contribution in [1.82, 2.24) is 0 Å². The van der Waals surface area contributed by atoms with Crippen LogP contribution in [-0.2, 0) is 14.3 Å². The van der Waals surface area contributed by atoms with Crippen LogP contribution >= 0.6 is 0 Å². The van der Waals surface area contributed by atoms with Crippen molar-refractivity contribution >= 4 is 6.29 Å². The summed E-state index contributed by atoms with van der Waals surface area (Å²) in [5.74, 6) is -1.06. The summed E-state index contributed by atoms with van der Waals surface area (Å²) in [4.78, 5) is 10.5. The van der Waals surface area contributed by atoms with Crippen molar-refractivity contribution in [2.24, 2.45) is 5.92 Å². The summed E-state index contributed by atoms with van der Waals surface area (Å²) in [6.07, 6.45) is 3.96. The van der Waals surface area contributed by atoms with Crippen molar-refractivity contribution in [2.75, 3.05) is 7.11 Å². The summed E-state index contributed by atoms with van der Waals surface area (Å²) in [7, 11) is 1.46. The second kappa shape index (κ2) is 2.42. The smallest absolute Gasteiger partial charge is 0.272 e. The molecule has 0 amide bonds. The molecule has 0 saturated carbocycles. The van der Waals surface area contributed by atoms with Gasteiger partial charge < -0.3 is 9.47 Å². The van der Waals surface area contributed by atoms with E-state index in [0.717, 1.165) is 0 Å². The third-order valence-electron chi connectivity index (χ3n) is 1.74. The number of aldehydes is 1. The quantitative estimate of drug-likeness (QED) is 0.532. The molecule has 56 valence electrons. The summed E-state index contributed by atoms with van der Waals surface area (Å²) in [6.45, 7) is 1.86. The molecule has 0 aliphatic carbocycles. The van der Waals surface area contributed by atoms with Gasteiger partial charge in [-0.25, -0.2) is 0 Å². The minimum absolute atomic E-state index is 0.00463. The number of ether oxygens (including phenoxy) is 2.